The molecule has 25 heavy (non-hydrogen) atoms. The van der Waals surface area contributed by atoms with E-state index < -0.39 is 12.1 Å². The lowest BCUT2D eigenvalue weighted by Crippen LogP contribution is -2.85. The van der Waals surface area contributed by atoms with Crippen LogP contribution in [0.1, 0.15) is 15.9 Å². The molecule has 2 aromatic carbocycles. The second kappa shape index (κ2) is 9.66. The Kier molecular flexibility index (Phi) is 7.25. The number of carbonyl (C=O) groups excluding carboxylic acids is 1. The number of quaternary nitrogens is 1. The van der Waals surface area contributed by atoms with Crippen molar-refractivity contribution in [3.8, 4) is 11.5 Å². The van der Waals surface area contributed by atoms with Crippen LogP contribution in [-0.2, 0) is 11.3 Å². The Morgan fingerprint density at radius 3 is 2.64 bits per heavy atom. The third-order valence-electron chi connectivity index (χ3n) is 3.65. The van der Waals surface area contributed by atoms with Gasteiger partial charge >= 0.3 is 5.97 Å². The summed E-state index contributed by atoms with van der Waals surface area (Å²) in [5.41, 5.74) is 1.54. The summed E-state index contributed by atoms with van der Waals surface area (Å²) in [5.74, 6) is 0.924. The van der Waals surface area contributed by atoms with Crippen LogP contribution < -0.4 is 14.8 Å². The summed E-state index contributed by atoms with van der Waals surface area (Å²) in [6, 6.07) is 14.5. The first-order chi connectivity index (χ1) is 12.1. The summed E-state index contributed by atoms with van der Waals surface area (Å²) in [4.78, 5) is 11.5. The average Bonchev–Trinajstić information content (AvgIpc) is 2.66. The number of nitrogens with two attached hydrogens (primary N) is 1. The van der Waals surface area contributed by atoms with Crippen molar-refractivity contribution in [3.63, 3.8) is 0 Å². The Morgan fingerprint density at radius 2 is 1.88 bits per heavy atom. The molecule has 0 heterocycles. The van der Waals surface area contributed by atoms with E-state index in [-0.39, 0.29) is 6.61 Å². The van der Waals surface area contributed by atoms with E-state index in [4.69, 9.17) is 9.47 Å². The van der Waals surface area contributed by atoms with Crippen molar-refractivity contribution in [2.45, 2.75) is 12.6 Å². The third kappa shape index (κ3) is 6.10. The van der Waals surface area contributed by atoms with Crippen molar-refractivity contribution in [2.24, 2.45) is 0 Å². The number of hydrogen-bond acceptors (Lipinski definition) is 5. The molecule has 3 N–H and O–H groups in total. The Hall–Kier alpha value is -2.57. The highest BCUT2D eigenvalue weighted by Gasteiger charge is 2.10. The largest absolute Gasteiger partial charge is 0.497 e. The second-order valence-electron chi connectivity index (χ2n) is 5.56. The highest BCUT2D eigenvalue weighted by atomic mass is 16.5. The number of ether oxygens (including phenoxy) is 3. The molecule has 0 saturated carbocycles. The van der Waals surface area contributed by atoms with Gasteiger partial charge in [0.05, 0.1) is 19.8 Å². The number of hydrogen-bond donors (Lipinski definition) is 2. The molecule has 0 fully saturated rings. The van der Waals surface area contributed by atoms with E-state index in [1.165, 1.54) is 7.11 Å². The third-order valence-corrected chi connectivity index (χ3v) is 3.65. The topological polar surface area (TPSA) is 81.6 Å². The summed E-state index contributed by atoms with van der Waals surface area (Å²) >= 11 is 0. The molecule has 2 rings (SSSR count). The van der Waals surface area contributed by atoms with Crippen LogP contribution in [0.25, 0.3) is 0 Å². The number of carbonyl (C=O) groups is 1. The van der Waals surface area contributed by atoms with Gasteiger partial charge in [0.1, 0.15) is 37.3 Å². The molecule has 134 valence electrons. The molecular formula is C19H24NO5+. The maximum atomic E-state index is 11.5. The van der Waals surface area contributed by atoms with Gasteiger partial charge in [-0.25, -0.2) is 4.79 Å². The molecule has 1 atom stereocenters. The average molecular weight is 346 g/mol. The van der Waals surface area contributed by atoms with Crippen molar-refractivity contribution in [2.75, 3.05) is 27.4 Å². The van der Waals surface area contributed by atoms with Crippen LogP contribution in [0.5, 0.6) is 11.5 Å². The van der Waals surface area contributed by atoms with Crippen LogP contribution in [0.2, 0.25) is 0 Å². The lowest BCUT2D eigenvalue weighted by molar-refractivity contribution is -0.676. The number of methoxy groups -OCH3 is 2. The Bertz CT molecular complexity index is 689. The van der Waals surface area contributed by atoms with Gasteiger partial charge in [-0.3, -0.25) is 0 Å². The van der Waals surface area contributed by atoms with Crippen LogP contribution in [-0.4, -0.2) is 44.6 Å². The summed E-state index contributed by atoms with van der Waals surface area (Å²) in [5, 5.41) is 12.0. The number of aliphatic hydroxyl groups excluding tert-OH is 1. The molecular weight excluding hydrogens is 322 g/mol. The summed E-state index contributed by atoms with van der Waals surface area (Å²) in [6.45, 7) is 1.40. The molecule has 0 bridgehead atoms. The molecule has 0 radical (unpaired) electrons. The minimum Gasteiger partial charge on any atom is -0.497 e. The minimum absolute atomic E-state index is 0.152. The van der Waals surface area contributed by atoms with Crippen LogP contribution >= 0.6 is 0 Å². The normalized spacial score (nSPS) is 11.6. The molecule has 0 aliphatic heterocycles. The second-order valence-corrected chi connectivity index (χ2v) is 5.56. The predicted octanol–water partition coefficient (Wildman–Crippen LogP) is 0.985. The number of benzene rings is 2. The van der Waals surface area contributed by atoms with Gasteiger partial charge in [-0.05, 0) is 30.3 Å². The van der Waals surface area contributed by atoms with Crippen molar-refractivity contribution >= 4 is 5.97 Å². The summed E-state index contributed by atoms with van der Waals surface area (Å²) in [7, 11) is 2.97. The Labute approximate surface area is 147 Å². The van der Waals surface area contributed by atoms with Crippen LogP contribution in [0.3, 0.4) is 0 Å². The molecule has 0 aliphatic carbocycles. The minimum atomic E-state index is -0.618. The SMILES string of the molecule is COC(=O)c1cccc(OC[C@H](O)C[NH2+]Cc2cccc(OC)c2)c1. The fourth-order valence-corrected chi connectivity index (χ4v) is 2.33. The molecule has 0 aromatic heterocycles. The van der Waals surface area contributed by atoms with E-state index in [0.29, 0.717) is 17.9 Å². The van der Waals surface area contributed by atoms with E-state index in [2.05, 4.69) is 4.74 Å². The van der Waals surface area contributed by atoms with Gasteiger partial charge in [0, 0.05) is 5.56 Å². The van der Waals surface area contributed by atoms with Crippen molar-refractivity contribution in [1.82, 2.24) is 0 Å². The van der Waals surface area contributed by atoms with E-state index in [1.54, 1.807) is 31.4 Å². The quantitative estimate of drug-likeness (QED) is 0.662. The fraction of sp³-hybridized carbons (Fsp3) is 0.316. The van der Waals surface area contributed by atoms with Crippen LogP contribution in [0.15, 0.2) is 48.5 Å². The molecule has 0 amide bonds. The van der Waals surface area contributed by atoms with Crippen molar-refractivity contribution < 1.29 is 29.4 Å². The summed E-state index contributed by atoms with van der Waals surface area (Å²) in [6.07, 6.45) is -0.618. The smallest absolute Gasteiger partial charge is 0.337 e. The van der Waals surface area contributed by atoms with Crippen LogP contribution in [0, 0.1) is 0 Å². The van der Waals surface area contributed by atoms with E-state index >= 15 is 0 Å². The van der Waals surface area contributed by atoms with E-state index in [1.807, 2.05) is 29.6 Å². The first kappa shape index (κ1) is 18.8. The zero-order valence-electron chi connectivity index (χ0n) is 14.5. The van der Waals surface area contributed by atoms with Gasteiger partial charge in [-0.15, -0.1) is 0 Å². The van der Waals surface area contributed by atoms with Crippen molar-refractivity contribution in [1.29, 1.82) is 0 Å². The molecule has 0 aliphatic rings. The maximum Gasteiger partial charge on any atom is 0.337 e. The van der Waals surface area contributed by atoms with Gasteiger partial charge in [-0.2, -0.15) is 0 Å². The lowest BCUT2D eigenvalue weighted by Gasteiger charge is -2.12. The first-order valence-corrected chi connectivity index (χ1v) is 8.06. The fourth-order valence-electron chi connectivity index (χ4n) is 2.33. The van der Waals surface area contributed by atoms with Crippen molar-refractivity contribution in [3.05, 3.63) is 59.7 Å². The molecule has 0 saturated heterocycles. The standard InChI is InChI=1S/C19H23NO5/c1-23-17-7-3-5-14(9-17)11-20-12-16(21)13-25-18-8-4-6-15(10-18)19(22)24-2/h3-10,16,20-21H,11-13H2,1-2H3/p+1/t16-/m1/s1. The molecule has 6 heteroatoms. The van der Waals surface area contributed by atoms with Crippen LogP contribution in [0.4, 0.5) is 0 Å². The zero-order chi connectivity index (χ0) is 18.1. The summed E-state index contributed by atoms with van der Waals surface area (Å²) < 4.78 is 15.4. The number of esters is 1. The van der Waals surface area contributed by atoms with E-state index in [0.717, 1.165) is 17.9 Å². The highest BCUT2D eigenvalue weighted by molar-refractivity contribution is 5.89. The maximum absolute atomic E-state index is 11.5. The highest BCUT2D eigenvalue weighted by Crippen LogP contribution is 2.14. The molecule has 6 nitrogen and oxygen atoms in total. The molecule has 0 unspecified atom stereocenters. The zero-order valence-corrected chi connectivity index (χ0v) is 14.5. The van der Waals surface area contributed by atoms with E-state index in [9.17, 15) is 9.90 Å². The van der Waals surface area contributed by atoms with Gasteiger partial charge in [-0.1, -0.05) is 18.2 Å². The van der Waals surface area contributed by atoms with Gasteiger partial charge in [0.25, 0.3) is 0 Å². The predicted molar refractivity (Wildman–Crippen MR) is 92.8 cm³/mol. The molecule has 2 aromatic rings. The number of rotatable bonds is 9. The molecule has 0 spiro atoms. The Balaban J connectivity index is 1.75. The monoisotopic (exact) mass is 346 g/mol. The lowest BCUT2D eigenvalue weighted by atomic mass is 10.2. The Morgan fingerprint density at radius 1 is 1.12 bits per heavy atom. The first-order valence-electron chi connectivity index (χ1n) is 8.06. The number of aliphatic hydroxyl groups is 1. The van der Waals surface area contributed by atoms with Gasteiger partial charge in [0.2, 0.25) is 0 Å². The van der Waals surface area contributed by atoms with Gasteiger partial charge in [0.15, 0.2) is 0 Å². The van der Waals surface area contributed by atoms with Gasteiger partial charge < -0.3 is 24.6 Å².